The lowest BCUT2D eigenvalue weighted by Crippen LogP contribution is -2.33. The first-order chi connectivity index (χ1) is 6.83. The number of hydrazine groups is 1. The molecule has 1 N–H and O–H groups in total. The summed E-state index contributed by atoms with van der Waals surface area (Å²) >= 11 is 0. The Morgan fingerprint density at radius 1 is 1.43 bits per heavy atom. The van der Waals surface area contributed by atoms with E-state index in [1.54, 1.807) is 0 Å². The Hall–Kier alpha value is -1.02. The monoisotopic (exact) mass is 188 g/mol. The van der Waals surface area contributed by atoms with Gasteiger partial charge < -0.3 is 5.01 Å². The SMILES string of the molecule is Cc1ccc2c(c1)N(CC1CC1)NC2. The van der Waals surface area contributed by atoms with Crippen molar-refractivity contribution in [1.29, 1.82) is 0 Å². The van der Waals surface area contributed by atoms with E-state index in [0.29, 0.717) is 0 Å². The van der Waals surface area contributed by atoms with Gasteiger partial charge in [-0.15, -0.1) is 0 Å². The van der Waals surface area contributed by atoms with Crippen LogP contribution in [0.3, 0.4) is 0 Å². The molecule has 1 heterocycles. The smallest absolute Gasteiger partial charge is 0.0568 e. The topological polar surface area (TPSA) is 15.3 Å². The van der Waals surface area contributed by atoms with Crippen LogP contribution in [0.5, 0.6) is 0 Å². The third kappa shape index (κ3) is 1.40. The standard InChI is InChI=1S/C12H16N2/c1-9-2-5-11-7-13-14(12(11)6-9)8-10-3-4-10/h2,5-6,10,13H,3-4,7-8H2,1H3. The minimum Gasteiger partial charge on any atom is -0.308 e. The molecule has 1 aliphatic heterocycles. The lowest BCUT2D eigenvalue weighted by molar-refractivity contribution is 0.633. The van der Waals surface area contributed by atoms with Gasteiger partial charge in [0.1, 0.15) is 0 Å². The highest BCUT2D eigenvalue weighted by Gasteiger charge is 2.27. The predicted molar refractivity (Wildman–Crippen MR) is 58.1 cm³/mol. The Kier molecular flexibility index (Phi) is 1.77. The van der Waals surface area contributed by atoms with Crippen LogP contribution >= 0.6 is 0 Å². The zero-order valence-corrected chi connectivity index (χ0v) is 8.59. The molecule has 1 aliphatic carbocycles. The molecule has 2 heteroatoms. The zero-order chi connectivity index (χ0) is 9.54. The van der Waals surface area contributed by atoms with Crippen LogP contribution < -0.4 is 10.4 Å². The van der Waals surface area contributed by atoms with E-state index >= 15 is 0 Å². The number of hydrogen-bond donors (Lipinski definition) is 1. The first-order valence-corrected chi connectivity index (χ1v) is 5.43. The number of nitrogens with zero attached hydrogens (tertiary/aromatic N) is 1. The van der Waals surface area contributed by atoms with Crippen LogP contribution in [0.1, 0.15) is 24.0 Å². The van der Waals surface area contributed by atoms with Crippen LogP contribution in [0.4, 0.5) is 5.69 Å². The van der Waals surface area contributed by atoms with Crippen molar-refractivity contribution >= 4 is 5.69 Å². The highest BCUT2D eigenvalue weighted by Crippen LogP contribution is 2.33. The normalized spacial score (nSPS) is 19.9. The number of anilines is 1. The van der Waals surface area contributed by atoms with Gasteiger partial charge in [-0.05, 0) is 42.9 Å². The second-order valence-corrected chi connectivity index (χ2v) is 4.52. The second kappa shape index (κ2) is 2.99. The Labute approximate surface area is 84.9 Å². The van der Waals surface area contributed by atoms with Gasteiger partial charge in [-0.25, -0.2) is 5.43 Å². The number of hydrogen-bond acceptors (Lipinski definition) is 2. The third-order valence-electron chi connectivity index (χ3n) is 3.13. The van der Waals surface area contributed by atoms with Crippen molar-refractivity contribution < 1.29 is 0 Å². The largest absolute Gasteiger partial charge is 0.308 e. The van der Waals surface area contributed by atoms with Crippen molar-refractivity contribution in [3.8, 4) is 0 Å². The van der Waals surface area contributed by atoms with E-state index in [-0.39, 0.29) is 0 Å². The summed E-state index contributed by atoms with van der Waals surface area (Å²) in [6, 6.07) is 6.73. The molecule has 3 rings (SSSR count). The Morgan fingerprint density at radius 2 is 2.29 bits per heavy atom. The van der Waals surface area contributed by atoms with Crippen molar-refractivity contribution in [2.75, 3.05) is 11.6 Å². The van der Waals surface area contributed by atoms with E-state index in [4.69, 9.17) is 0 Å². The minimum absolute atomic E-state index is 0.939. The highest BCUT2D eigenvalue weighted by atomic mass is 15.5. The maximum absolute atomic E-state index is 3.45. The number of nitrogens with one attached hydrogen (secondary N) is 1. The quantitative estimate of drug-likeness (QED) is 0.765. The van der Waals surface area contributed by atoms with Gasteiger partial charge in [0.05, 0.1) is 5.69 Å². The summed E-state index contributed by atoms with van der Waals surface area (Å²) in [5.74, 6) is 0.939. The van der Waals surface area contributed by atoms with Crippen LogP contribution in [-0.2, 0) is 6.54 Å². The summed E-state index contributed by atoms with van der Waals surface area (Å²) in [4.78, 5) is 0. The van der Waals surface area contributed by atoms with E-state index in [0.717, 1.165) is 12.5 Å². The van der Waals surface area contributed by atoms with Crippen LogP contribution in [0, 0.1) is 12.8 Å². The number of aryl methyl sites for hydroxylation is 1. The van der Waals surface area contributed by atoms with E-state index in [9.17, 15) is 0 Å². The maximum atomic E-state index is 3.45. The average molecular weight is 188 g/mol. The molecule has 2 nitrogen and oxygen atoms in total. The fourth-order valence-corrected chi connectivity index (χ4v) is 2.06. The lowest BCUT2D eigenvalue weighted by atomic mass is 10.1. The summed E-state index contributed by atoms with van der Waals surface area (Å²) in [6.45, 7) is 4.35. The van der Waals surface area contributed by atoms with E-state index in [1.807, 2.05) is 0 Å². The maximum Gasteiger partial charge on any atom is 0.0568 e. The van der Waals surface area contributed by atoms with Crippen LogP contribution in [-0.4, -0.2) is 6.54 Å². The zero-order valence-electron chi connectivity index (χ0n) is 8.59. The molecule has 2 aliphatic rings. The van der Waals surface area contributed by atoms with Gasteiger partial charge >= 0.3 is 0 Å². The van der Waals surface area contributed by atoms with Gasteiger partial charge in [-0.2, -0.15) is 0 Å². The van der Waals surface area contributed by atoms with Gasteiger partial charge in [-0.3, -0.25) is 0 Å². The molecular formula is C12H16N2. The van der Waals surface area contributed by atoms with Crippen molar-refractivity contribution in [1.82, 2.24) is 5.43 Å². The molecule has 1 aromatic carbocycles. The molecule has 0 aromatic heterocycles. The number of fused-ring (bicyclic) bond motifs is 1. The molecule has 0 atom stereocenters. The predicted octanol–water partition coefficient (Wildman–Crippen LogP) is 2.23. The van der Waals surface area contributed by atoms with Crippen molar-refractivity contribution in [2.24, 2.45) is 5.92 Å². The lowest BCUT2D eigenvalue weighted by Gasteiger charge is -2.19. The number of rotatable bonds is 2. The van der Waals surface area contributed by atoms with Crippen LogP contribution in [0.25, 0.3) is 0 Å². The fourth-order valence-electron chi connectivity index (χ4n) is 2.06. The highest BCUT2D eigenvalue weighted by molar-refractivity contribution is 5.57. The molecule has 14 heavy (non-hydrogen) atoms. The summed E-state index contributed by atoms with van der Waals surface area (Å²) in [5.41, 5.74) is 7.65. The van der Waals surface area contributed by atoms with Crippen LogP contribution in [0.2, 0.25) is 0 Å². The van der Waals surface area contributed by atoms with Gasteiger partial charge in [0.2, 0.25) is 0 Å². The summed E-state index contributed by atoms with van der Waals surface area (Å²) < 4.78 is 0. The van der Waals surface area contributed by atoms with E-state index in [1.165, 1.54) is 36.2 Å². The second-order valence-electron chi connectivity index (χ2n) is 4.52. The Morgan fingerprint density at radius 3 is 3.07 bits per heavy atom. The molecule has 1 aromatic rings. The molecule has 74 valence electrons. The van der Waals surface area contributed by atoms with Crippen LogP contribution in [0.15, 0.2) is 18.2 Å². The van der Waals surface area contributed by atoms with Gasteiger partial charge in [0, 0.05) is 13.1 Å². The van der Waals surface area contributed by atoms with Gasteiger partial charge in [0.15, 0.2) is 0 Å². The third-order valence-corrected chi connectivity index (χ3v) is 3.13. The molecule has 0 unspecified atom stereocenters. The van der Waals surface area contributed by atoms with Gasteiger partial charge in [0.25, 0.3) is 0 Å². The molecule has 1 fully saturated rings. The first-order valence-electron chi connectivity index (χ1n) is 5.43. The molecule has 0 radical (unpaired) electrons. The molecule has 0 bridgehead atoms. The molecule has 0 amide bonds. The van der Waals surface area contributed by atoms with Crippen molar-refractivity contribution in [3.63, 3.8) is 0 Å². The number of benzene rings is 1. The summed E-state index contributed by atoms with van der Waals surface area (Å²) in [6.07, 6.45) is 2.83. The van der Waals surface area contributed by atoms with Gasteiger partial charge in [-0.1, -0.05) is 12.1 Å². The average Bonchev–Trinajstić information content (AvgIpc) is 2.90. The summed E-state index contributed by atoms with van der Waals surface area (Å²) in [5, 5.41) is 2.33. The summed E-state index contributed by atoms with van der Waals surface area (Å²) in [7, 11) is 0. The first kappa shape index (κ1) is 8.30. The van der Waals surface area contributed by atoms with Crippen molar-refractivity contribution in [2.45, 2.75) is 26.3 Å². The van der Waals surface area contributed by atoms with E-state index < -0.39 is 0 Å². The van der Waals surface area contributed by atoms with Crippen molar-refractivity contribution in [3.05, 3.63) is 29.3 Å². The Bertz CT molecular complexity index is 355. The molecule has 0 spiro atoms. The Balaban J connectivity index is 1.87. The molecular weight excluding hydrogens is 172 g/mol. The minimum atomic E-state index is 0.939. The fraction of sp³-hybridized carbons (Fsp3) is 0.500. The molecule has 0 saturated heterocycles. The molecule has 1 saturated carbocycles. The van der Waals surface area contributed by atoms with E-state index in [2.05, 4.69) is 35.6 Å².